The van der Waals surface area contributed by atoms with Crippen molar-refractivity contribution in [2.24, 2.45) is 0 Å². The molecule has 5 heteroatoms. The molecule has 438 valence electrons. The summed E-state index contributed by atoms with van der Waals surface area (Å²) in [5, 5.41) is 9.69. The average molecular weight is 1060 g/mol. The van der Waals surface area contributed by atoms with Gasteiger partial charge in [0.15, 0.2) is 6.10 Å². The maximum absolute atomic E-state index is 12.4. The highest BCUT2D eigenvalue weighted by Crippen LogP contribution is 2.17. The Labute approximate surface area is 472 Å². The molecule has 0 aromatic rings. The molecular weight excluding hydrogens is 933 g/mol. The van der Waals surface area contributed by atoms with E-state index in [2.05, 4.69) is 111 Å². The molecule has 0 aliphatic carbocycles. The van der Waals surface area contributed by atoms with Crippen LogP contribution < -0.4 is 0 Å². The Morgan fingerprint density at radius 3 is 0.855 bits per heavy atom. The average Bonchev–Trinajstić information content (AvgIpc) is 3.42. The van der Waals surface area contributed by atoms with Crippen molar-refractivity contribution in [3.05, 3.63) is 97.2 Å². The molecule has 0 spiro atoms. The molecule has 76 heavy (non-hydrogen) atoms. The largest absolute Gasteiger partial charge is 0.462 e. The van der Waals surface area contributed by atoms with Crippen LogP contribution in [0.25, 0.3) is 0 Å². The summed E-state index contributed by atoms with van der Waals surface area (Å²) < 4.78 is 10.7. The summed E-state index contributed by atoms with van der Waals surface area (Å²) in [5.74, 6) is -0.584. The zero-order valence-corrected chi connectivity index (χ0v) is 50.3. The molecule has 0 rings (SSSR count). The van der Waals surface area contributed by atoms with E-state index < -0.39 is 6.10 Å². The molecule has 1 atom stereocenters. The van der Waals surface area contributed by atoms with Crippen LogP contribution in [0.4, 0.5) is 0 Å². The Bertz CT molecular complexity index is 1430. The zero-order valence-electron chi connectivity index (χ0n) is 50.3. The first kappa shape index (κ1) is 72.8. The molecule has 0 saturated heterocycles. The normalized spacial score (nSPS) is 12.8. The van der Waals surface area contributed by atoms with E-state index in [1.165, 1.54) is 212 Å². The Kier molecular flexibility index (Phi) is 63.3. The number of carbonyl (C=O) groups excluding carboxylic acids is 2. The van der Waals surface area contributed by atoms with Gasteiger partial charge in [-0.05, 0) is 96.3 Å². The number of carbonyl (C=O) groups is 2. The highest BCUT2D eigenvalue weighted by Gasteiger charge is 2.16. The van der Waals surface area contributed by atoms with Crippen LogP contribution in [0.3, 0.4) is 0 Å². The Morgan fingerprint density at radius 2 is 0.566 bits per heavy atom. The number of ether oxygens (including phenoxy) is 2. The first-order valence-corrected chi connectivity index (χ1v) is 32.8. The zero-order chi connectivity index (χ0) is 54.8. The van der Waals surface area contributed by atoms with Crippen molar-refractivity contribution in [3.8, 4) is 0 Å². The van der Waals surface area contributed by atoms with Crippen molar-refractivity contribution in [1.29, 1.82) is 0 Å². The molecule has 0 amide bonds. The van der Waals surface area contributed by atoms with Crippen LogP contribution in [0.1, 0.15) is 322 Å². The molecule has 0 aliphatic rings. The lowest BCUT2D eigenvalue weighted by Crippen LogP contribution is -2.28. The maximum atomic E-state index is 12.4. The lowest BCUT2D eigenvalue weighted by atomic mass is 10.0. The quantitative estimate of drug-likeness (QED) is 0.0373. The van der Waals surface area contributed by atoms with Gasteiger partial charge in [-0.1, -0.05) is 310 Å². The van der Waals surface area contributed by atoms with Gasteiger partial charge in [-0.15, -0.1) is 0 Å². The van der Waals surface area contributed by atoms with Crippen molar-refractivity contribution in [1.82, 2.24) is 0 Å². The van der Waals surface area contributed by atoms with E-state index in [1.54, 1.807) is 0 Å². The third-order valence-corrected chi connectivity index (χ3v) is 14.4. The minimum atomic E-state index is -0.778. The molecule has 0 saturated carbocycles. The highest BCUT2D eigenvalue weighted by atomic mass is 16.6. The van der Waals surface area contributed by atoms with Crippen molar-refractivity contribution in [3.63, 3.8) is 0 Å². The molecule has 0 aliphatic heterocycles. The second-order valence-corrected chi connectivity index (χ2v) is 21.8. The molecule has 0 aromatic carbocycles. The molecule has 0 bridgehead atoms. The van der Waals surface area contributed by atoms with Crippen molar-refractivity contribution >= 4 is 11.9 Å². The minimum absolute atomic E-state index is 0.0680. The number of aliphatic hydroxyl groups excluding tert-OH is 1. The standard InChI is InChI=1S/C71H124O5/c1-3-5-7-9-11-13-15-17-19-21-23-25-27-29-30-31-32-33-34-35-36-37-38-39-40-42-44-46-48-50-52-54-56-58-60-62-64-66-71(74)76-69(67-72)68-75-70(73)65-63-61-59-57-55-53-51-49-47-45-43-41-28-26-24-22-20-18-16-14-12-10-8-6-4-2/h5,7,11,13,16-19,22-25,28-30,41,69,72H,3-4,6,8-10,12,14-15,20-21,26-27,31-40,42-68H2,1-2H3/b7-5-,13-11-,18-16-,19-17-,24-22-,25-23-,30-29-,41-28-. The highest BCUT2D eigenvalue weighted by molar-refractivity contribution is 5.70. The van der Waals surface area contributed by atoms with E-state index in [9.17, 15) is 14.7 Å². The second kappa shape index (κ2) is 66.1. The summed E-state index contributed by atoms with van der Waals surface area (Å²) in [6, 6.07) is 0. The Morgan fingerprint density at radius 1 is 0.316 bits per heavy atom. The first-order valence-electron chi connectivity index (χ1n) is 32.8. The molecule has 0 aromatic heterocycles. The van der Waals surface area contributed by atoms with Crippen LogP contribution in [0, 0.1) is 0 Å². The molecule has 5 nitrogen and oxygen atoms in total. The number of allylic oxidation sites excluding steroid dienone is 16. The van der Waals surface area contributed by atoms with Gasteiger partial charge >= 0.3 is 11.9 Å². The van der Waals surface area contributed by atoms with Gasteiger partial charge in [-0.25, -0.2) is 0 Å². The predicted molar refractivity (Wildman–Crippen MR) is 334 cm³/mol. The van der Waals surface area contributed by atoms with Gasteiger partial charge in [0.25, 0.3) is 0 Å². The lowest BCUT2D eigenvalue weighted by molar-refractivity contribution is -0.161. The van der Waals surface area contributed by atoms with Gasteiger partial charge < -0.3 is 14.6 Å². The summed E-state index contributed by atoms with van der Waals surface area (Å²) in [7, 11) is 0. The van der Waals surface area contributed by atoms with Gasteiger partial charge in [0.2, 0.25) is 0 Å². The number of unbranched alkanes of at least 4 members (excludes halogenated alkanes) is 36. The van der Waals surface area contributed by atoms with Crippen molar-refractivity contribution in [2.45, 2.75) is 328 Å². The lowest BCUT2D eigenvalue weighted by Gasteiger charge is -2.15. The van der Waals surface area contributed by atoms with Crippen molar-refractivity contribution < 1.29 is 24.2 Å². The van der Waals surface area contributed by atoms with Crippen molar-refractivity contribution in [2.75, 3.05) is 13.2 Å². The number of aliphatic hydroxyl groups is 1. The SMILES string of the molecule is CC/C=C\C/C=C\C/C=C\C/C=C\C/C=C\CCCCCCCCCCCCCCCCCCCCCCCC(=O)OC(CO)COC(=O)CCCCCCCCCCCC/C=C\C/C=C\C/C=C\CCCCCCC. The summed E-state index contributed by atoms with van der Waals surface area (Å²) in [6.07, 6.45) is 94.2. The number of esters is 2. The van der Waals surface area contributed by atoms with E-state index in [-0.39, 0.29) is 25.2 Å². The van der Waals surface area contributed by atoms with Gasteiger partial charge in [0.1, 0.15) is 6.61 Å². The Balaban J connectivity index is 3.45. The number of rotatable bonds is 60. The monoisotopic (exact) mass is 1060 g/mol. The minimum Gasteiger partial charge on any atom is -0.462 e. The second-order valence-electron chi connectivity index (χ2n) is 21.8. The fraction of sp³-hybridized carbons (Fsp3) is 0.746. The van der Waals surface area contributed by atoms with Crippen LogP contribution >= 0.6 is 0 Å². The molecule has 0 radical (unpaired) electrons. The fourth-order valence-corrected chi connectivity index (χ4v) is 9.47. The van der Waals surface area contributed by atoms with Gasteiger partial charge in [0, 0.05) is 12.8 Å². The van der Waals surface area contributed by atoms with Gasteiger partial charge in [0.05, 0.1) is 6.61 Å². The number of hydrogen-bond acceptors (Lipinski definition) is 5. The fourth-order valence-electron chi connectivity index (χ4n) is 9.47. The summed E-state index contributed by atoms with van der Waals surface area (Å²) in [6.45, 7) is 4.04. The van der Waals surface area contributed by atoms with E-state index in [1.807, 2.05) is 0 Å². The molecule has 0 heterocycles. The van der Waals surface area contributed by atoms with Gasteiger partial charge in [-0.3, -0.25) is 9.59 Å². The number of hydrogen-bond donors (Lipinski definition) is 1. The Hall–Kier alpha value is -3.18. The predicted octanol–water partition coefficient (Wildman–Crippen LogP) is 22.6. The summed E-state index contributed by atoms with van der Waals surface area (Å²) >= 11 is 0. The molecule has 1 unspecified atom stereocenters. The first-order chi connectivity index (χ1) is 37.6. The van der Waals surface area contributed by atoms with E-state index in [0.717, 1.165) is 83.5 Å². The van der Waals surface area contributed by atoms with Crippen LogP contribution in [0.5, 0.6) is 0 Å². The van der Waals surface area contributed by atoms with E-state index in [4.69, 9.17) is 9.47 Å². The van der Waals surface area contributed by atoms with E-state index in [0.29, 0.717) is 12.8 Å². The topological polar surface area (TPSA) is 72.8 Å². The molecule has 0 fully saturated rings. The maximum Gasteiger partial charge on any atom is 0.306 e. The summed E-state index contributed by atoms with van der Waals surface area (Å²) in [4.78, 5) is 24.6. The third-order valence-electron chi connectivity index (χ3n) is 14.4. The third kappa shape index (κ3) is 63.4. The van der Waals surface area contributed by atoms with Crippen LogP contribution in [-0.2, 0) is 19.1 Å². The van der Waals surface area contributed by atoms with Crippen LogP contribution in [0.2, 0.25) is 0 Å². The van der Waals surface area contributed by atoms with Crippen LogP contribution in [0.15, 0.2) is 97.2 Å². The molecular formula is C71H124O5. The molecule has 1 N–H and O–H groups in total. The van der Waals surface area contributed by atoms with E-state index >= 15 is 0 Å². The van der Waals surface area contributed by atoms with Crippen LogP contribution in [-0.4, -0.2) is 36.4 Å². The van der Waals surface area contributed by atoms with Gasteiger partial charge in [-0.2, -0.15) is 0 Å². The summed E-state index contributed by atoms with van der Waals surface area (Å²) in [5.41, 5.74) is 0. The smallest absolute Gasteiger partial charge is 0.306 e.